The van der Waals surface area contributed by atoms with Gasteiger partial charge in [-0.1, -0.05) is 0 Å². The van der Waals surface area contributed by atoms with Gasteiger partial charge in [-0.05, 0) is 18.2 Å². The monoisotopic (exact) mass is 264 g/mol. The van der Waals surface area contributed by atoms with Crippen LogP contribution in [0.1, 0.15) is 24.2 Å². The SMILES string of the molecule is COc1ccc(C#N)c(C(O)C(O)CNC(C)=O)c1. The van der Waals surface area contributed by atoms with E-state index in [9.17, 15) is 15.0 Å². The van der Waals surface area contributed by atoms with Crippen LogP contribution in [0.15, 0.2) is 18.2 Å². The maximum Gasteiger partial charge on any atom is 0.216 e. The fourth-order valence-corrected chi connectivity index (χ4v) is 1.58. The standard InChI is InChI=1S/C13H16N2O4/c1-8(16)15-7-12(17)13(18)11-5-10(19-2)4-3-9(11)6-14/h3-5,12-13,17-18H,7H2,1-2H3,(H,15,16). The summed E-state index contributed by atoms with van der Waals surface area (Å²) in [5.41, 5.74) is 0.509. The van der Waals surface area contributed by atoms with E-state index in [0.29, 0.717) is 5.75 Å². The fourth-order valence-electron chi connectivity index (χ4n) is 1.58. The Hall–Kier alpha value is -2.10. The van der Waals surface area contributed by atoms with Gasteiger partial charge < -0.3 is 20.3 Å². The third-order valence-corrected chi connectivity index (χ3v) is 2.62. The van der Waals surface area contributed by atoms with E-state index in [1.165, 1.54) is 26.2 Å². The number of aliphatic hydroxyl groups excluding tert-OH is 2. The quantitative estimate of drug-likeness (QED) is 0.699. The highest BCUT2D eigenvalue weighted by molar-refractivity contribution is 5.72. The van der Waals surface area contributed by atoms with Crippen molar-refractivity contribution >= 4 is 5.91 Å². The zero-order chi connectivity index (χ0) is 14.4. The Kier molecular flexibility index (Phi) is 5.30. The molecular formula is C13H16N2O4. The van der Waals surface area contributed by atoms with Crippen molar-refractivity contribution in [3.63, 3.8) is 0 Å². The number of nitriles is 1. The number of hydrogen-bond acceptors (Lipinski definition) is 5. The van der Waals surface area contributed by atoms with Crippen LogP contribution in [-0.4, -0.2) is 35.9 Å². The molecule has 0 aliphatic heterocycles. The predicted molar refractivity (Wildman–Crippen MR) is 67.4 cm³/mol. The van der Waals surface area contributed by atoms with Crippen LogP contribution in [0.4, 0.5) is 0 Å². The lowest BCUT2D eigenvalue weighted by Crippen LogP contribution is -2.34. The lowest BCUT2D eigenvalue weighted by Gasteiger charge is -2.19. The molecule has 1 aromatic rings. The van der Waals surface area contributed by atoms with Gasteiger partial charge in [0.25, 0.3) is 0 Å². The molecule has 0 bridgehead atoms. The number of hydrogen-bond donors (Lipinski definition) is 3. The highest BCUT2D eigenvalue weighted by Crippen LogP contribution is 2.25. The van der Waals surface area contributed by atoms with E-state index >= 15 is 0 Å². The van der Waals surface area contributed by atoms with E-state index in [4.69, 9.17) is 10.00 Å². The van der Waals surface area contributed by atoms with Crippen LogP contribution in [0.5, 0.6) is 5.75 Å². The molecule has 102 valence electrons. The molecule has 0 aromatic heterocycles. The molecule has 6 heteroatoms. The Morgan fingerprint density at radius 3 is 2.74 bits per heavy atom. The summed E-state index contributed by atoms with van der Waals surface area (Å²) in [6.07, 6.45) is -2.49. The highest BCUT2D eigenvalue weighted by atomic mass is 16.5. The van der Waals surface area contributed by atoms with Gasteiger partial charge in [0.1, 0.15) is 18.0 Å². The largest absolute Gasteiger partial charge is 0.497 e. The van der Waals surface area contributed by atoms with E-state index in [2.05, 4.69) is 5.32 Å². The summed E-state index contributed by atoms with van der Waals surface area (Å²) in [6, 6.07) is 6.51. The van der Waals surface area contributed by atoms with Gasteiger partial charge >= 0.3 is 0 Å². The molecule has 0 saturated carbocycles. The van der Waals surface area contributed by atoms with Crippen molar-refractivity contribution in [1.29, 1.82) is 5.26 Å². The van der Waals surface area contributed by atoms with E-state index < -0.39 is 12.2 Å². The molecule has 0 saturated heterocycles. The van der Waals surface area contributed by atoms with Gasteiger partial charge in [-0.15, -0.1) is 0 Å². The minimum absolute atomic E-state index is 0.0986. The summed E-state index contributed by atoms with van der Waals surface area (Å²) in [5, 5.41) is 31.2. The summed E-state index contributed by atoms with van der Waals surface area (Å²) in [7, 11) is 1.46. The van der Waals surface area contributed by atoms with Gasteiger partial charge in [0.15, 0.2) is 0 Å². The van der Waals surface area contributed by atoms with Crippen LogP contribution in [0.2, 0.25) is 0 Å². The minimum Gasteiger partial charge on any atom is -0.497 e. The summed E-state index contributed by atoms with van der Waals surface area (Å²) < 4.78 is 5.01. The lowest BCUT2D eigenvalue weighted by atomic mass is 9.98. The number of rotatable bonds is 5. The molecule has 0 aliphatic carbocycles. The topological polar surface area (TPSA) is 103 Å². The first kappa shape index (κ1) is 15.0. The second-order valence-corrected chi connectivity index (χ2v) is 4.01. The second kappa shape index (κ2) is 6.73. The van der Waals surface area contributed by atoms with E-state index in [-0.39, 0.29) is 23.6 Å². The average Bonchev–Trinajstić information content (AvgIpc) is 2.42. The first-order valence-electron chi connectivity index (χ1n) is 5.68. The highest BCUT2D eigenvalue weighted by Gasteiger charge is 2.22. The molecule has 6 nitrogen and oxygen atoms in total. The van der Waals surface area contributed by atoms with Gasteiger partial charge in [0, 0.05) is 19.0 Å². The number of carbonyl (C=O) groups is 1. The van der Waals surface area contributed by atoms with Crippen molar-refractivity contribution < 1.29 is 19.7 Å². The van der Waals surface area contributed by atoms with Crippen molar-refractivity contribution in [3.05, 3.63) is 29.3 Å². The van der Waals surface area contributed by atoms with Crippen LogP contribution in [-0.2, 0) is 4.79 Å². The fraction of sp³-hybridized carbons (Fsp3) is 0.385. The Labute approximate surface area is 111 Å². The maximum absolute atomic E-state index is 10.8. The zero-order valence-electron chi connectivity index (χ0n) is 10.8. The van der Waals surface area contributed by atoms with Crippen LogP contribution < -0.4 is 10.1 Å². The van der Waals surface area contributed by atoms with E-state index in [1.54, 1.807) is 6.07 Å². The van der Waals surface area contributed by atoms with Crippen LogP contribution >= 0.6 is 0 Å². The van der Waals surface area contributed by atoms with Crippen LogP contribution in [0.3, 0.4) is 0 Å². The molecule has 2 unspecified atom stereocenters. The molecule has 1 rings (SSSR count). The summed E-state index contributed by atoms with van der Waals surface area (Å²) in [6.45, 7) is 1.21. The third-order valence-electron chi connectivity index (χ3n) is 2.62. The molecule has 0 fully saturated rings. The number of amides is 1. The number of benzene rings is 1. The van der Waals surface area contributed by atoms with Crippen LogP contribution in [0.25, 0.3) is 0 Å². The number of carbonyl (C=O) groups excluding carboxylic acids is 1. The molecule has 0 radical (unpaired) electrons. The van der Waals surface area contributed by atoms with Crippen molar-refractivity contribution in [2.45, 2.75) is 19.1 Å². The molecule has 1 aromatic carbocycles. The molecule has 19 heavy (non-hydrogen) atoms. The maximum atomic E-state index is 10.8. The lowest BCUT2D eigenvalue weighted by molar-refractivity contribution is -0.119. The summed E-state index contributed by atoms with van der Waals surface area (Å²) in [5.74, 6) is 0.164. The number of nitrogens with zero attached hydrogens (tertiary/aromatic N) is 1. The number of ether oxygens (including phenoxy) is 1. The van der Waals surface area contributed by atoms with E-state index in [1.807, 2.05) is 6.07 Å². The molecule has 0 aliphatic rings. The van der Waals surface area contributed by atoms with Crippen molar-refractivity contribution in [2.75, 3.05) is 13.7 Å². The second-order valence-electron chi connectivity index (χ2n) is 4.01. The molecule has 0 heterocycles. The van der Waals surface area contributed by atoms with Gasteiger partial charge in [0.2, 0.25) is 5.91 Å². The molecule has 2 atom stereocenters. The molecular weight excluding hydrogens is 248 g/mol. The molecule has 1 amide bonds. The minimum atomic E-state index is -1.28. The molecule has 3 N–H and O–H groups in total. The van der Waals surface area contributed by atoms with Gasteiger partial charge in [-0.25, -0.2) is 0 Å². The van der Waals surface area contributed by atoms with Crippen molar-refractivity contribution in [3.8, 4) is 11.8 Å². The van der Waals surface area contributed by atoms with Crippen molar-refractivity contribution in [2.24, 2.45) is 0 Å². The van der Waals surface area contributed by atoms with E-state index in [0.717, 1.165) is 0 Å². The summed E-state index contributed by atoms with van der Waals surface area (Å²) >= 11 is 0. The molecule has 0 spiro atoms. The zero-order valence-corrected chi connectivity index (χ0v) is 10.8. The number of nitrogens with one attached hydrogen (secondary N) is 1. The first-order valence-corrected chi connectivity index (χ1v) is 5.68. The smallest absolute Gasteiger partial charge is 0.216 e. The predicted octanol–water partition coefficient (Wildman–Crippen LogP) is 0.0973. The number of aliphatic hydroxyl groups is 2. The van der Waals surface area contributed by atoms with Crippen molar-refractivity contribution in [1.82, 2.24) is 5.32 Å². The number of methoxy groups -OCH3 is 1. The Bertz CT molecular complexity index is 496. The van der Waals surface area contributed by atoms with Gasteiger partial charge in [0.05, 0.1) is 18.7 Å². The first-order chi connectivity index (χ1) is 8.99. The van der Waals surface area contributed by atoms with Gasteiger partial charge in [-0.2, -0.15) is 5.26 Å². The average molecular weight is 264 g/mol. The third kappa shape index (κ3) is 3.95. The normalized spacial score (nSPS) is 13.2. The Morgan fingerprint density at radius 1 is 1.53 bits per heavy atom. The Balaban J connectivity index is 2.94. The van der Waals surface area contributed by atoms with Gasteiger partial charge in [-0.3, -0.25) is 4.79 Å². The summed E-state index contributed by atoms with van der Waals surface area (Å²) in [4.78, 5) is 10.8. The van der Waals surface area contributed by atoms with Crippen LogP contribution in [0, 0.1) is 11.3 Å². The Morgan fingerprint density at radius 2 is 2.21 bits per heavy atom.